The molecule has 0 amide bonds. The van der Waals surface area contributed by atoms with Crippen molar-refractivity contribution in [2.24, 2.45) is 5.73 Å². The van der Waals surface area contributed by atoms with E-state index in [2.05, 4.69) is 52.8 Å². The lowest BCUT2D eigenvalue weighted by Gasteiger charge is -2.23. The van der Waals surface area contributed by atoms with E-state index in [0.29, 0.717) is 12.5 Å². The molecule has 0 radical (unpaired) electrons. The molecule has 0 bridgehead atoms. The van der Waals surface area contributed by atoms with Crippen LogP contribution in [0.4, 0.5) is 0 Å². The van der Waals surface area contributed by atoms with Gasteiger partial charge in [0.25, 0.3) is 0 Å². The van der Waals surface area contributed by atoms with Gasteiger partial charge in [0.2, 0.25) is 0 Å². The van der Waals surface area contributed by atoms with Crippen molar-refractivity contribution < 1.29 is 0 Å². The molecule has 0 saturated carbocycles. The highest BCUT2D eigenvalue weighted by molar-refractivity contribution is 8.00. The van der Waals surface area contributed by atoms with Crippen LogP contribution in [0.1, 0.15) is 44.7 Å². The number of benzene rings is 1. The van der Waals surface area contributed by atoms with Gasteiger partial charge in [-0.25, -0.2) is 0 Å². The molecule has 0 aromatic heterocycles. The van der Waals surface area contributed by atoms with E-state index < -0.39 is 0 Å². The van der Waals surface area contributed by atoms with Crippen LogP contribution in [-0.4, -0.2) is 11.3 Å². The SMILES string of the molecule is Cc1ccc(C(C)C)cc1SC(C)(C)CN. The van der Waals surface area contributed by atoms with Crippen LogP contribution in [0.25, 0.3) is 0 Å². The Morgan fingerprint density at radius 2 is 1.94 bits per heavy atom. The average molecular weight is 237 g/mol. The maximum absolute atomic E-state index is 5.78. The summed E-state index contributed by atoms with van der Waals surface area (Å²) in [5.41, 5.74) is 8.53. The summed E-state index contributed by atoms with van der Waals surface area (Å²) < 4.78 is 0.111. The predicted octanol–water partition coefficient (Wildman–Crippen LogP) is 3.95. The van der Waals surface area contributed by atoms with Gasteiger partial charge in [-0.05, 0) is 43.9 Å². The number of nitrogens with two attached hydrogens (primary N) is 1. The molecule has 0 atom stereocenters. The molecule has 2 N–H and O–H groups in total. The average Bonchev–Trinajstić information content (AvgIpc) is 2.21. The van der Waals surface area contributed by atoms with Crippen molar-refractivity contribution in [1.82, 2.24) is 0 Å². The summed E-state index contributed by atoms with van der Waals surface area (Å²) in [5.74, 6) is 0.584. The van der Waals surface area contributed by atoms with Crippen LogP contribution in [-0.2, 0) is 0 Å². The van der Waals surface area contributed by atoms with Gasteiger partial charge in [-0.15, -0.1) is 11.8 Å². The first-order chi connectivity index (χ1) is 7.35. The molecule has 2 heteroatoms. The highest BCUT2D eigenvalue weighted by Gasteiger charge is 2.18. The maximum atomic E-state index is 5.78. The van der Waals surface area contributed by atoms with Crippen LogP contribution in [0.2, 0.25) is 0 Å². The minimum Gasteiger partial charge on any atom is -0.329 e. The first-order valence-electron chi connectivity index (χ1n) is 5.85. The van der Waals surface area contributed by atoms with Crippen LogP contribution in [0.15, 0.2) is 23.1 Å². The molecule has 1 aromatic rings. The highest BCUT2D eigenvalue weighted by atomic mass is 32.2. The van der Waals surface area contributed by atoms with E-state index in [1.165, 1.54) is 16.0 Å². The van der Waals surface area contributed by atoms with Gasteiger partial charge in [-0.2, -0.15) is 0 Å². The molecule has 1 nitrogen and oxygen atoms in total. The van der Waals surface area contributed by atoms with Gasteiger partial charge in [-0.3, -0.25) is 0 Å². The van der Waals surface area contributed by atoms with Gasteiger partial charge in [0.05, 0.1) is 0 Å². The molecule has 0 saturated heterocycles. The Labute approximate surface area is 104 Å². The molecular formula is C14H23NS. The van der Waals surface area contributed by atoms with Gasteiger partial charge < -0.3 is 5.73 Å². The second-order valence-corrected chi connectivity index (χ2v) is 6.99. The molecular weight excluding hydrogens is 214 g/mol. The molecule has 90 valence electrons. The quantitative estimate of drug-likeness (QED) is 0.802. The van der Waals surface area contributed by atoms with E-state index in [9.17, 15) is 0 Å². The Hall–Kier alpha value is -0.470. The Kier molecular flexibility index (Phi) is 4.45. The van der Waals surface area contributed by atoms with Crippen LogP contribution >= 0.6 is 11.8 Å². The van der Waals surface area contributed by atoms with Crippen molar-refractivity contribution in [3.8, 4) is 0 Å². The largest absolute Gasteiger partial charge is 0.329 e. The van der Waals surface area contributed by atoms with E-state index in [1.54, 1.807) is 0 Å². The zero-order valence-corrected chi connectivity index (χ0v) is 11.8. The number of thioether (sulfide) groups is 1. The fourth-order valence-electron chi connectivity index (χ4n) is 1.43. The fraction of sp³-hybridized carbons (Fsp3) is 0.571. The lowest BCUT2D eigenvalue weighted by Crippen LogP contribution is -2.26. The van der Waals surface area contributed by atoms with Crippen molar-refractivity contribution in [2.45, 2.75) is 50.2 Å². The second kappa shape index (κ2) is 5.24. The highest BCUT2D eigenvalue weighted by Crippen LogP contribution is 2.35. The molecule has 0 aliphatic heterocycles. The summed E-state index contributed by atoms with van der Waals surface area (Å²) >= 11 is 1.88. The Bertz CT molecular complexity index is 356. The van der Waals surface area contributed by atoms with Crippen molar-refractivity contribution in [2.75, 3.05) is 6.54 Å². The molecule has 0 fully saturated rings. The molecule has 0 unspecified atom stereocenters. The summed E-state index contributed by atoms with van der Waals surface area (Å²) in [7, 11) is 0. The van der Waals surface area contributed by atoms with Crippen molar-refractivity contribution in [3.63, 3.8) is 0 Å². The number of hydrogen-bond donors (Lipinski definition) is 1. The molecule has 0 aliphatic carbocycles. The van der Waals surface area contributed by atoms with Gasteiger partial charge in [0.15, 0.2) is 0 Å². The first kappa shape index (κ1) is 13.6. The minimum atomic E-state index is 0.111. The lowest BCUT2D eigenvalue weighted by molar-refractivity contribution is 0.722. The third-order valence-corrected chi connectivity index (χ3v) is 4.14. The summed E-state index contributed by atoms with van der Waals surface area (Å²) in [6.45, 7) is 11.7. The molecule has 1 rings (SSSR count). The summed E-state index contributed by atoms with van der Waals surface area (Å²) in [6, 6.07) is 6.74. The Morgan fingerprint density at radius 3 is 2.44 bits per heavy atom. The molecule has 16 heavy (non-hydrogen) atoms. The van der Waals surface area contributed by atoms with Crippen molar-refractivity contribution >= 4 is 11.8 Å². The summed E-state index contributed by atoms with van der Waals surface area (Å²) in [6.07, 6.45) is 0. The minimum absolute atomic E-state index is 0.111. The smallest absolute Gasteiger partial charge is 0.0273 e. The van der Waals surface area contributed by atoms with E-state index in [1.807, 2.05) is 11.8 Å². The molecule has 1 aromatic carbocycles. The summed E-state index contributed by atoms with van der Waals surface area (Å²) in [5, 5.41) is 0. The molecule has 0 aliphatic rings. The summed E-state index contributed by atoms with van der Waals surface area (Å²) in [4.78, 5) is 1.36. The maximum Gasteiger partial charge on any atom is 0.0273 e. The van der Waals surface area contributed by atoms with Gasteiger partial charge >= 0.3 is 0 Å². The predicted molar refractivity (Wildman–Crippen MR) is 74.3 cm³/mol. The molecule has 0 spiro atoms. The van der Waals surface area contributed by atoms with Crippen molar-refractivity contribution in [3.05, 3.63) is 29.3 Å². The van der Waals surface area contributed by atoms with E-state index in [4.69, 9.17) is 5.73 Å². The third kappa shape index (κ3) is 3.53. The van der Waals surface area contributed by atoms with Crippen molar-refractivity contribution in [1.29, 1.82) is 0 Å². The number of hydrogen-bond acceptors (Lipinski definition) is 2. The van der Waals surface area contributed by atoms with E-state index >= 15 is 0 Å². The topological polar surface area (TPSA) is 26.0 Å². The van der Waals surface area contributed by atoms with Gasteiger partial charge in [0.1, 0.15) is 0 Å². The third-order valence-electron chi connectivity index (χ3n) is 2.76. The molecule has 0 heterocycles. The number of rotatable bonds is 4. The van der Waals surface area contributed by atoms with Crippen LogP contribution in [0.3, 0.4) is 0 Å². The monoisotopic (exact) mass is 237 g/mol. The zero-order chi connectivity index (χ0) is 12.3. The Balaban J connectivity index is 2.99. The first-order valence-corrected chi connectivity index (χ1v) is 6.67. The van der Waals surface area contributed by atoms with E-state index in [-0.39, 0.29) is 4.75 Å². The van der Waals surface area contributed by atoms with E-state index in [0.717, 1.165) is 0 Å². The van der Waals surface area contributed by atoms with Crippen LogP contribution < -0.4 is 5.73 Å². The number of aryl methyl sites for hydroxylation is 1. The standard InChI is InChI=1S/C14H23NS/c1-10(2)12-7-6-11(3)13(8-12)16-14(4,5)9-15/h6-8,10H,9,15H2,1-5H3. The van der Waals surface area contributed by atoms with Crippen LogP contribution in [0.5, 0.6) is 0 Å². The zero-order valence-electron chi connectivity index (χ0n) is 11.0. The van der Waals surface area contributed by atoms with Crippen LogP contribution in [0, 0.1) is 6.92 Å². The fourth-order valence-corrected chi connectivity index (χ4v) is 2.53. The Morgan fingerprint density at radius 1 is 1.31 bits per heavy atom. The van der Waals surface area contributed by atoms with Gasteiger partial charge in [-0.1, -0.05) is 26.0 Å². The normalized spacial score (nSPS) is 12.2. The lowest BCUT2D eigenvalue weighted by atomic mass is 10.0. The van der Waals surface area contributed by atoms with Gasteiger partial charge in [0, 0.05) is 16.2 Å². The second-order valence-electron chi connectivity index (χ2n) is 5.25.